The van der Waals surface area contributed by atoms with Crippen LogP contribution in [0.25, 0.3) is 0 Å². The molecule has 0 aliphatic rings. The SMILES string of the molecule is COCC(=O)NC(C(=O)O)c1cc(C)cc(C)c1. The summed E-state index contributed by atoms with van der Waals surface area (Å²) in [6.07, 6.45) is 0. The topological polar surface area (TPSA) is 75.6 Å². The molecule has 0 aromatic heterocycles. The molecule has 5 heteroatoms. The third kappa shape index (κ3) is 3.85. The number of hydrogen-bond donors (Lipinski definition) is 2. The molecule has 2 N–H and O–H groups in total. The molecule has 0 saturated carbocycles. The van der Waals surface area contributed by atoms with Crippen molar-refractivity contribution in [2.45, 2.75) is 19.9 Å². The molecule has 1 aromatic rings. The minimum absolute atomic E-state index is 0.158. The van der Waals surface area contributed by atoms with Crippen molar-refractivity contribution in [1.82, 2.24) is 5.32 Å². The fraction of sp³-hybridized carbons (Fsp3) is 0.385. The minimum atomic E-state index is -1.09. The van der Waals surface area contributed by atoms with E-state index in [1.165, 1.54) is 7.11 Å². The molecule has 0 saturated heterocycles. The zero-order chi connectivity index (χ0) is 13.7. The van der Waals surface area contributed by atoms with Gasteiger partial charge in [-0.3, -0.25) is 4.79 Å². The molecule has 0 fully saturated rings. The van der Waals surface area contributed by atoms with Gasteiger partial charge in [-0.25, -0.2) is 4.79 Å². The van der Waals surface area contributed by atoms with E-state index in [-0.39, 0.29) is 6.61 Å². The predicted octanol–water partition coefficient (Wildman–Crippen LogP) is 1.19. The van der Waals surface area contributed by atoms with Crippen molar-refractivity contribution in [1.29, 1.82) is 0 Å². The maximum absolute atomic E-state index is 11.4. The van der Waals surface area contributed by atoms with Gasteiger partial charge in [-0.05, 0) is 19.4 Å². The third-order valence-electron chi connectivity index (χ3n) is 2.41. The van der Waals surface area contributed by atoms with Gasteiger partial charge >= 0.3 is 5.97 Å². The average molecular weight is 251 g/mol. The van der Waals surface area contributed by atoms with E-state index in [1.807, 2.05) is 19.9 Å². The Balaban J connectivity index is 2.97. The summed E-state index contributed by atoms with van der Waals surface area (Å²) < 4.78 is 4.66. The molecule has 1 rings (SSSR count). The summed E-state index contributed by atoms with van der Waals surface area (Å²) in [5.41, 5.74) is 2.47. The summed E-state index contributed by atoms with van der Waals surface area (Å²) in [5, 5.41) is 11.6. The van der Waals surface area contributed by atoms with E-state index in [1.54, 1.807) is 12.1 Å². The van der Waals surface area contributed by atoms with Gasteiger partial charge in [0.05, 0.1) is 0 Å². The number of carboxylic acid groups (broad SMARTS) is 1. The number of amides is 1. The van der Waals surface area contributed by atoms with Crippen LogP contribution in [0.2, 0.25) is 0 Å². The van der Waals surface area contributed by atoms with E-state index in [0.29, 0.717) is 5.56 Å². The zero-order valence-corrected chi connectivity index (χ0v) is 10.7. The van der Waals surface area contributed by atoms with Crippen LogP contribution in [0.15, 0.2) is 18.2 Å². The molecule has 0 aliphatic carbocycles. The molecule has 0 radical (unpaired) electrons. The number of rotatable bonds is 5. The second kappa shape index (κ2) is 6.16. The second-order valence-electron chi connectivity index (χ2n) is 4.19. The van der Waals surface area contributed by atoms with Gasteiger partial charge < -0.3 is 15.2 Å². The Morgan fingerprint density at radius 3 is 2.28 bits per heavy atom. The van der Waals surface area contributed by atoms with E-state index in [9.17, 15) is 14.7 Å². The Morgan fingerprint density at radius 2 is 1.83 bits per heavy atom. The summed E-state index contributed by atoms with van der Waals surface area (Å²) in [6, 6.07) is 4.39. The van der Waals surface area contributed by atoms with Gasteiger partial charge in [0.15, 0.2) is 6.04 Å². The van der Waals surface area contributed by atoms with E-state index in [2.05, 4.69) is 10.1 Å². The van der Waals surface area contributed by atoms with Gasteiger partial charge in [0, 0.05) is 7.11 Å². The highest BCUT2D eigenvalue weighted by molar-refractivity contribution is 5.85. The summed E-state index contributed by atoms with van der Waals surface area (Å²) in [4.78, 5) is 22.6. The number of nitrogens with one attached hydrogen (secondary N) is 1. The summed E-state index contributed by atoms with van der Waals surface area (Å²) in [6.45, 7) is 3.60. The Hall–Kier alpha value is -1.88. The lowest BCUT2D eigenvalue weighted by atomic mass is 10.0. The quantitative estimate of drug-likeness (QED) is 0.824. The molecule has 0 bridgehead atoms. The van der Waals surface area contributed by atoms with Gasteiger partial charge in [-0.2, -0.15) is 0 Å². The van der Waals surface area contributed by atoms with E-state index in [0.717, 1.165) is 11.1 Å². The smallest absolute Gasteiger partial charge is 0.330 e. The normalized spacial score (nSPS) is 11.9. The highest BCUT2D eigenvalue weighted by Crippen LogP contribution is 2.17. The van der Waals surface area contributed by atoms with Gasteiger partial charge in [0.1, 0.15) is 6.61 Å². The Kier molecular flexibility index (Phi) is 4.85. The van der Waals surface area contributed by atoms with Gasteiger partial charge in [0.25, 0.3) is 0 Å². The first-order valence-electron chi connectivity index (χ1n) is 5.53. The first-order chi connectivity index (χ1) is 8.43. The number of aryl methyl sites for hydroxylation is 2. The highest BCUT2D eigenvalue weighted by atomic mass is 16.5. The van der Waals surface area contributed by atoms with Crippen molar-refractivity contribution in [3.8, 4) is 0 Å². The fourth-order valence-electron chi connectivity index (χ4n) is 1.80. The fourth-order valence-corrected chi connectivity index (χ4v) is 1.80. The molecule has 98 valence electrons. The monoisotopic (exact) mass is 251 g/mol. The van der Waals surface area contributed by atoms with Gasteiger partial charge in [-0.15, -0.1) is 0 Å². The average Bonchev–Trinajstić information content (AvgIpc) is 2.24. The molecule has 1 amide bonds. The van der Waals surface area contributed by atoms with Crippen molar-refractivity contribution < 1.29 is 19.4 Å². The summed E-state index contributed by atoms with van der Waals surface area (Å²) in [5.74, 6) is -1.55. The van der Waals surface area contributed by atoms with Crippen LogP contribution in [0.1, 0.15) is 22.7 Å². The predicted molar refractivity (Wildman–Crippen MR) is 66.3 cm³/mol. The third-order valence-corrected chi connectivity index (χ3v) is 2.41. The van der Waals surface area contributed by atoms with Crippen LogP contribution in [0.5, 0.6) is 0 Å². The molecule has 1 aromatic carbocycles. The first kappa shape index (κ1) is 14.2. The molecule has 1 atom stereocenters. The number of aliphatic carboxylic acids is 1. The molecular weight excluding hydrogens is 234 g/mol. The zero-order valence-electron chi connectivity index (χ0n) is 10.7. The molecule has 1 unspecified atom stereocenters. The lowest BCUT2D eigenvalue weighted by Crippen LogP contribution is -2.35. The Morgan fingerprint density at radius 1 is 1.28 bits per heavy atom. The second-order valence-corrected chi connectivity index (χ2v) is 4.19. The van der Waals surface area contributed by atoms with Crippen molar-refractivity contribution in [2.24, 2.45) is 0 Å². The first-order valence-corrected chi connectivity index (χ1v) is 5.53. The van der Waals surface area contributed by atoms with Crippen LogP contribution in [0.4, 0.5) is 0 Å². The standard InChI is InChI=1S/C13H17NO4/c1-8-4-9(2)6-10(5-8)12(13(16)17)14-11(15)7-18-3/h4-6,12H,7H2,1-3H3,(H,14,15)(H,16,17). The largest absolute Gasteiger partial charge is 0.479 e. The number of carboxylic acids is 1. The van der Waals surface area contributed by atoms with Crippen LogP contribution in [0.3, 0.4) is 0 Å². The maximum Gasteiger partial charge on any atom is 0.330 e. The number of ether oxygens (including phenoxy) is 1. The molecule has 5 nitrogen and oxygen atoms in total. The molecular formula is C13H17NO4. The number of carbonyl (C=O) groups excluding carboxylic acids is 1. The number of hydrogen-bond acceptors (Lipinski definition) is 3. The Bertz CT molecular complexity index is 436. The lowest BCUT2D eigenvalue weighted by Gasteiger charge is -2.16. The van der Waals surface area contributed by atoms with Crippen LogP contribution >= 0.6 is 0 Å². The van der Waals surface area contributed by atoms with Crippen molar-refractivity contribution >= 4 is 11.9 Å². The van der Waals surface area contributed by atoms with Crippen LogP contribution in [-0.2, 0) is 14.3 Å². The van der Waals surface area contributed by atoms with Gasteiger partial charge in [0.2, 0.25) is 5.91 Å². The maximum atomic E-state index is 11.4. The molecule has 0 heterocycles. The van der Waals surface area contributed by atoms with Crippen molar-refractivity contribution in [3.63, 3.8) is 0 Å². The van der Waals surface area contributed by atoms with Crippen molar-refractivity contribution in [3.05, 3.63) is 34.9 Å². The van der Waals surface area contributed by atoms with E-state index in [4.69, 9.17) is 0 Å². The number of methoxy groups -OCH3 is 1. The van der Waals surface area contributed by atoms with Crippen LogP contribution in [0, 0.1) is 13.8 Å². The van der Waals surface area contributed by atoms with E-state index >= 15 is 0 Å². The molecule has 0 aliphatic heterocycles. The lowest BCUT2D eigenvalue weighted by molar-refractivity contribution is -0.142. The summed E-state index contributed by atoms with van der Waals surface area (Å²) >= 11 is 0. The summed E-state index contributed by atoms with van der Waals surface area (Å²) in [7, 11) is 1.38. The van der Waals surface area contributed by atoms with Gasteiger partial charge in [-0.1, -0.05) is 29.3 Å². The number of carbonyl (C=O) groups is 2. The van der Waals surface area contributed by atoms with Crippen molar-refractivity contribution in [2.75, 3.05) is 13.7 Å². The van der Waals surface area contributed by atoms with E-state index < -0.39 is 17.9 Å². The Labute approximate surface area is 106 Å². The highest BCUT2D eigenvalue weighted by Gasteiger charge is 2.22. The van der Waals surface area contributed by atoms with Crippen LogP contribution < -0.4 is 5.32 Å². The minimum Gasteiger partial charge on any atom is -0.479 e. The number of benzene rings is 1. The molecule has 18 heavy (non-hydrogen) atoms. The molecule has 0 spiro atoms. The van der Waals surface area contributed by atoms with Crippen LogP contribution in [-0.4, -0.2) is 30.7 Å².